The molecule has 0 saturated heterocycles. The molecule has 4 aromatic rings. The Bertz CT molecular complexity index is 1090. The van der Waals surface area contributed by atoms with E-state index in [-0.39, 0.29) is 18.3 Å². The van der Waals surface area contributed by atoms with Crippen molar-refractivity contribution in [2.75, 3.05) is 6.61 Å². The summed E-state index contributed by atoms with van der Waals surface area (Å²) in [6.45, 7) is 1.87. The molecule has 0 fully saturated rings. The number of aromatic nitrogens is 5. The van der Waals surface area contributed by atoms with Gasteiger partial charge in [-0.3, -0.25) is 4.79 Å². The molecule has 0 aliphatic carbocycles. The van der Waals surface area contributed by atoms with Gasteiger partial charge in [0.2, 0.25) is 0 Å². The zero-order chi connectivity index (χ0) is 17.4. The van der Waals surface area contributed by atoms with E-state index >= 15 is 0 Å². The Morgan fingerprint density at radius 1 is 1.28 bits per heavy atom. The molecule has 0 amide bonds. The molecule has 0 unspecified atom stereocenters. The molecule has 0 radical (unpaired) electrons. The Morgan fingerprint density at radius 3 is 3.00 bits per heavy atom. The Kier molecular flexibility index (Phi) is 3.64. The molecule has 0 aliphatic rings. The Morgan fingerprint density at radius 2 is 2.16 bits per heavy atom. The van der Waals surface area contributed by atoms with Gasteiger partial charge in [-0.2, -0.15) is 10.2 Å². The fourth-order valence-electron chi connectivity index (χ4n) is 2.73. The van der Waals surface area contributed by atoms with Gasteiger partial charge in [-0.25, -0.2) is 18.6 Å². The van der Waals surface area contributed by atoms with Gasteiger partial charge in [-0.15, -0.1) is 0 Å². The largest absolute Gasteiger partial charge is 0.464 e. The number of carbonyl (C=O) groups excluding carboxylic acids is 1. The summed E-state index contributed by atoms with van der Waals surface area (Å²) in [6.07, 6.45) is 4.92. The zero-order valence-electron chi connectivity index (χ0n) is 13.4. The Hall–Kier alpha value is -3.29. The molecule has 0 aromatic carbocycles. The number of hydrogen-bond donors (Lipinski definition) is 0. The fraction of sp³-hybridized carbons (Fsp3) is 0.176. The van der Waals surface area contributed by atoms with Crippen LogP contribution >= 0.6 is 0 Å². The molecule has 7 nitrogen and oxygen atoms in total. The van der Waals surface area contributed by atoms with Gasteiger partial charge in [0.1, 0.15) is 18.1 Å². The maximum absolute atomic E-state index is 14.6. The van der Waals surface area contributed by atoms with Crippen molar-refractivity contribution >= 4 is 22.5 Å². The van der Waals surface area contributed by atoms with Crippen LogP contribution in [0.25, 0.3) is 27.8 Å². The van der Waals surface area contributed by atoms with Crippen LogP contribution in [0, 0.1) is 5.82 Å². The molecule has 0 atom stereocenters. The first kappa shape index (κ1) is 15.3. The number of rotatable bonds is 4. The number of pyridine rings is 2. The van der Waals surface area contributed by atoms with Crippen LogP contribution in [-0.4, -0.2) is 37.0 Å². The Balaban J connectivity index is 1.79. The van der Waals surface area contributed by atoms with Crippen molar-refractivity contribution in [2.24, 2.45) is 0 Å². The number of nitrogens with zero attached hydrogens (tertiary/aromatic N) is 5. The third kappa shape index (κ3) is 2.71. The van der Waals surface area contributed by atoms with Crippen molar-refractivity contribution < 1.29 is 13.9 Å². The quantitative estimate of drug-likeness (QED) is 0.534. The van der Waals surface area contributed by atoms with Crippen molar-refractivity contribution in [3.05, 3.63) is 48.7 Å². The lowest BCUT2D eigenvalue weighted by Crippen LogP contribution is -2.10. The molecule has 0 N–H and O–H groups in total. The first-order valence-corrected chi connectivity index (χ1v) is 7.71. The van der Waals surface area contributed by atoms with Crippen molar-refractivity contribution in [3.63, 3.8) is 0 Å². The van der Waals surface area contributed by atoms with Gasteiger partial charge in [0.25, 0.3) is 0 Å². The van der Waals surface area contributed by atoms with Gasteiger partial charge in [0.05, 0.1) is 24.5 Å². The Labute approximate surface area is 141 Å². The highest BCUT2D eigenvalue weighted by molar-refractivity contribution is 5.83. The number of hydrogen-bond acceptors (Lipinski definition) is 5. The number of halogens is 1. The van der Waals surface area contributed by atoms with Crippen LogP contribution in [0.2, 0.25) is 0 Å². The molecular weight excluding hydrogens is 325 g/mol. The predicted octanol–water partition coefficient (Wildman–Crippen LogP) is 2.45. The normalized spacial score (nSPS) is 11.3. The maximum Gasteiger partial charge on any atom is 0.302 e. The molecule has 4 heterocycles. The van der Waals surface area contributed by atoms with Crippen LogP contribution in [0.3, 0.4) is 0 Å². The van der Waals surface area contributed by atoms with Gasteiger partial charge < -0.3 is 4.74 Å². The summed E-state index contributed by atoms with van der Waals surface area (Å²) in [5.74, 6) is -0.798. The summed E-state index contributed by atoms with van der Waals surface area (Å²) in [4.78, 5) is 15.3. The topological polar surface area (TPSA) is 74.3 Å². The average molecular weight is 339 g/mol. The minimum Gasteiger partial charge on any atom is -0.464 e. The van der Waals surface area contributed by atoms with Crippen molar-refractivity contribution in [2.45, 2.75) is 13.5 Å². The minimum atomic E-state index is -0.439. The fourth-order valence-corrected chi connectivity index (χ4v) is 2.73. The smallest absolute Gasteiger partial charge is 0.302 e. The van der Waals surface area contributed by atoms with Crippen LogP contribution in [0.5, 0.6) is 0 Å². The van der Waals surface area contributed by atoms with E-state index in [0.29, 0.717) is 23.1 Å². The predicted molar refractivity (Wildman–Crippen MR) is 88.3 cm³/mol. The first-order chi connectivity index (χ1) is 12.1. The lowest BCUT2D eigenvalue weighted by molar-refractivity contribution is -0.141. The van der Waals surface area contributed by atoms with E-state index in [4.69, 9.17) is 4.74 Å². The van der Waals surface area contributed by atoms with Crippen LogP contribution in [0.1, 0.15) is 6.92 Å². The number of fused-ring (bicyclic) bond motifs is 2. The molecule has 126 valence electrons. The molecule has 8 heteroatoms. The summed E-state index contributed by atoms with van der Waals surface area (Å²) in [6, 6.07) is 6.96. The number of carbonyl (C=O) groups is 1. The highest BCUT2D eigenvalue weighted by Gasteiger charge is 2.16. The monoisotopic (exact) mass is 339 g/mol. The highest BCUT2D eigenvalue weighted by atomic mass is 19.1. The molecule has 25 heavy (non-hydrogen) atoms. The average Bonchev–Trinajstić information content (AvgIpc) is 3.18. The molecule has 0 bridgehead atoms. The summed E-state index contributed by atoms with van der Waals surface area (Å²) in [7, 11) is 0. The summed E-state index contributed by atoms with van der Waals surface area (Å²) < 4.78 is 22.8. The molecule has 4 rings (SSSR count). The third-order valence-electron chi connectivity index (χ3n) is 3.86. The van der Waals surface area contributed by atoms with Gasteiger partial charge in [0.15, 0.2) is 5.65 Å². The van der Waals surface area contributed by atoms with Crippen molar-refractivity contribution in [3.8, 4) is 11.3 Å². The SMILES string of the molecule is CC(=O)OCCn1ncc2cc(F)c(-c3cnn4ccccc34)nc21. The van der Waals surface area contributed by atoms with Crippen molar-refractivity contribution in [1.82, 2.24) is 24.4 Å². The van der Waals surface area contributed by atoms with E-state index in [1.807, 2.05) is 18.2 Å². The van der Waals surface area contributed by atoms with E-state index in [9.17, 15) is 9.18 Å². The first-order valence-electron chi connectivity index (χ1n) is 7.71. The lowest BCUT2D eigenvalue weighted by atomic mass is 10.1. The lowest BCUT2D eigenvalue weighted by Gasteiger charge is -2.06. The molecule has 0 spiro atoms. The van der Waals surface area contributed by atoms with Gasteiger partial charge in [-0.05, 0) is 18.2 Å². The van der Waals surface area contributed by atoms with Gasteiger partial charge >= 0.3 is 5.97 Å². The standard InChI is InChI=1S/C17H14FN5O2/c1-11(24)25-7-6-23-17-12(9-19-23)8-14(18)16(21-17)13-10-20-22-5-3-2-4-15(13)22/h2-5,8-10H,6-7H2,1H3. The van der Waals surface area contributed by atoms with Gasteiger partial charge in [-0.1, -0.05) is 6.07 Å². The number of ether oxygens (including phenoxy) is 1. The second kappa shape index (κ2) is 5.97. The van der Waals surface area contributed by atoms with Crippen LogP contribution < -0.4 is 0 Å². The van der Waals surface area contributed by atoms with E-state index in [2.05, 4.69) is 15.2 Å². The van der Waals surface area contributed by atoms with Crippen molar-refractivity contribution in [1.29, 1.82) is 0 Å². The molecular formula is C17H14FN5O2. The van der Waals surface area contributed by atoms with Crippen LogP contribution in [0.15, 0.2) is 42.9 Å². The summed E-state index contributed by atoms with van der Waals surface area (Å²) in [5, 5.41) is 9.00. The van der Waals surface area contributed by atoms with Crippen LogP contribution in [0.4, 0.5) is 4.39 Å². The van der Waals surface area contributed by atoms with Crippen LogP contribution in [-0.2, 0) is 16.1 Å². The molecule has 0 aliphatic heterocycles. The van der Waals surface area contributed by atoms with E-state index in [1.54, 1.807) is 27.8 Å². The number of esters is 1. The zero-order valence-corrected chi connectivity index (χ0v) is 13.4. The van der Waals surface area contributed by atoms with E-state index in [0.717, 1.165) is 5.52 Å². The van der Waals surface area contributed by atoms with Gasteiger partial charge in [0, 0.05) is 24.1 Å². The third-order valence-corrected chi connectivity index (χ3v) is 3.86. The summed E-state index contributed by atoms with van der Waals surface area (Å²) in [5.41, 5.74) is 2.11. The summed E-state index contributed by atoms with van der Waals surface area (Å²) >= 11 is 0. The second-order valence-electron chi connectivity index (χ2n) is 5.53. The molecule has 4 aromatic heterocycles. The minimum absolute atomic E-state index is 0.178. The molecule has 0 saturated carbocycles. The van der Waals surface area contributed by atoms with E-state index in [1.165, 1.54) is 13.0 Å². The second-order valence-corrected chi connectivity index (χ2v) is 5.53. The van der Waals surface area contributed by atoms with E-state index < -0.39 is 5.82 Å². The maximum atomic E-state index is 14.6. The highest BCUT2D eigenvalue weighted by Crippen LogP contribution is 2.27.